The average molecular weight is 243 g/mol. The molecule has 0 aliphatic heterocycles. The molecule has 1 saturated carbocycles. The Balaban J connectivity index is 2.06. The van der Waals surface area contributed by atoms with E-state index in [1.165, 1.54) is 0 Å². The Labute approximate surface area is 101 Å². The second-order valence-corrected chi connectivity index (χ2v) is 5.00. The highest BCUT2D eigenvalue weighted by Crippen LogP contribution is 2.29. The molecule has 16 heavy (non-hydrogen) atoms. The van der Waals surface area contributed by atoms with Crippen molar-refractivity contribution in [2.45, 2.75) is 57.6 Å². The molecule has 1 heterocycles. The van der Waals surface area contributed by atoms with Crippen molar-refractivity contribution < 1.29 is 5.11 Å². The van der Waals surface area contributed by atoms with Crippen LogP contribution in [0.4, 0.5) is 0 Å². The van der Waals surface area contributed by atoms with Gasteiger partial charge in [0.25, 0.3) is 0 Å². The normalized spacial score (nSPS) is 25.9. The van der Waals surface area contributed by atoms with Crippen molar-refractivity contribution >= 4 is 11.6 Å². The van der Waals surface area contributed by atoms with Crippen LogP contribution >= 0.6 is 11.6 Å². The molecule has 0 saturated heterocycles. The van der Waals surface area contributed by atoms with Gasteiger partial charge in [0.05, 0.1) is 12.1 Å². The lowest BCUT2D eigenvalue weighted by atomic mass is 9.93. The zero-order valence-corrected chi connectivity index (χ0v) is 10.5. The van der Waals surface area contributed by atoms with Crippen molar-refractivity contribution in [3.63, 3.8) is 0 Å². The maximum atomic E-state index is 9.46. The molecule has 2 rings (SSSR count). The fourth-order valence-corrected chi connectivity index (χ4v) is 2.58. The largest absolute Gasteiger partial charge is 0.393 e. The van der Waals surface area contributed by atoms with Crippen LogP contribution in [0.1, 0.15) is 50.6 Å². The minimum atomic E-state index is -0.114. The van der Waals surface area contributed by atoms with E-state index in [9.17, 15) is 5.11 Å². The summed E-state index contributed by atoms with van der Waals surface area (Å²) in [6.07, 6.45) is 7.82. The highest BCUT2D eigenvalue weighted by molar-refractivity contribution is 6.30. The molecule has 0 atom stereocenters. The smallest absolute Gasteiger partial charge is 0.154 e. The third-order valence-corrected chi connectivity index (χ3v) is 3.63. The Morgan fingerprint density at radius 3 is 2.75 bits per heavy atom. The Kier molecular flexibility index (Phi) is 3.87. The van der Waals surface area contributed by atoms with Crippen LogP contribution in [0.5, 0.6) is 0 Å². The summed E-state index contributed by atoms with van der Waals surface area (Å²) >= 11 is 6.09. The maximum absolute atomic E-state index is 9.46. The summed E-state index contributed by atoms with van der Waals surface area (Å²) in [4.78, 5) is 0. The van der Waals surface area contributed by atoms with Gasteiger partial charge in [-0.25, -0.2) is 0 Å². The van der Waals surface area contributed by atoms with Gasteiger partial charge < -0.3 is 5.11 Å². The Hall–Kier alpha value is -0.540. The Morgan fingerprint density at radius 2 is 2.12 bits per heavy atom. The maximum Gasteiger partial charge on any atom is 0.154 e. The quantitative estimate of drug-likeness (QED) is 0.885. The highest BCUT2D eigenvalue weighted by atomic mass is 35.5. The van der Waals surface area contributed by atoms with Crippen molar-refractivity contribution in [1.29, 1.82) is 0 Å². The van der Waals surface area contributed by atoms with Gasteiger partial charge in [-0.15, -0.1) is 0 Å². The summed E-state index contributed by atoms with van der Waals surface area (Å²) in [5.41, 5.74) is 1.15. The number of aromatic nitrogens is 2. The molecule has 0 unspecified atom stereocenters. The summed E-state index contributed by atoms with van der Waals surface area (Å²) in [7, 11) is 0. The fourth-order valence-electron chi connectivity index (χ4n) is 2.35. The summed E-state index contributed by atoms with van der Waals surface area (Å²) in [6.45, 7) is 2.14. The van der Waals surface area contributed by atoms with Gasteiger partial charge in [-0.2, -0.15) is 5.10 Å². The minimum absolute atomic E-state index is 0.114. The van der Waals surface area contributed by atoms with Gasteiger partial charge in [0.15, 0.2) is 5.15 Å². The van der Waals surface area contributed by atoms with Crippen LogP contribution in [0, 0.1) is 0 Å². The van der Waals surface area contributed by atoms with Crippen molar-refractivity contribution in [2.75, 3.05) is 0 Å². The number of aliphatic hydroxyl groups excluding tert-OH is 1. The molecule has 1 aromatic heterocycles. The van der Waals surface area contributed by atoms with Crippen molar-refractivity contribution in [1.82, 2.24) is 9.78 Å². The van der Waals surface area contributed by atoms with Crippen LogP contribution in [-0.4, -0.2) is 21.0 Å². The van der Waals surface area contributed by atoms with Crippen molar-refractivity contribution in [3.8, 4) is 0 Å². The first-order valence-electron chi connectivity index (χ1n) is 6.12. The summed E-state index contributed by atoms with van der Waals surface area (Å²) in [5, 5.41) is 14.5. The molecule has 90 valence electrons. The second-order valence-electron chi connectivity index (χ2n) is 4.64. The lowest BCUT2D eigenvalue weighted by molar-refractivity contribution is 0.108. The lowest BCUT2D eigenvalue weighted by Crippen LogP contribution is -2.21. The topological polar surface area (TPSA) is 38.0 Å². The van der Waals surface area contributed by atoms with E-state index in [4.69, 9.17) is 11.6 Å². The third-order valence-electron chi connectivity index (χ3n) is 3.32. The standard InChI is InChI=1S/C12H19ClN2O/c1-2-3-9-8-15(14-12(9)13)10-4-6-11(16)7-5-10/h8,10-11,16H,2-7H2,1H3. The van der Waals surface area contributed by atoms with Crippen LogP contribution in [-0.2, 0) is 6.42 Å². The molecule has 1 aromatic rings. The number of aliphatic hydroxyl groups is 1. The van der Waals surface area contributed by atoms with E-state index < -0.39 is 0 Å². The molecule has 1 fully saturated rings. The highest BCUT2D eigenvalue weighted by Gasteiger charge is 2.22. The van der Waals surface area contributed by atoms with E-state index in [0.717, 1.165) is 44.1 Å². The first kappa shape index (κ1) is 11.9. The second kappa shape index (κ2) is 5.19. The van der Waals surface area contributed by atoms with Gasteiger partial charge in [-0.1, -0.05) is 24.9 Å². The number of halogens is 1. The third kappa shape index (κ3) is 2.58. The summed E-state index contributed by atoms with van der Waals surface area (Å²) in [6, 6.07) is 0.423. The molecule has 0 spiro atoms. The Morgan fingerprint density at radius 1 is 1.44 bits per heavy atom. The molecule has 3 nitrogen and oxygen atoms in total. The monoisotopic (exact) mass is 242 g/mol. The van der Waals surface area contributed by atoms with E-state index >= 15 is 0 Å². The van der Waals surface area contributed by atoms with Crippen LogP contribution < -0.4 is 0 Å². The van der Waals surface area contributed by atoms with Crippen LogP contribution in [0.3, 0.4) is 0 Å². The van der Waals surface area contributed by atoms with Gasteiger partial charge >= 0.3 is 0 Å². The number of nitrogens with zero attached hydrogens (tertiary/aromatic N) is 2. The fraction of sp³-hybridized carbons (Fsp3) is 0.750. The molecule has 0 amide bonds. The van der Waals surface area contributed by atoms with Crippen LogP contribution in [0.2, 0.25) is 5.15 Å². The van der Waals surface area contributed by atoms with E-state index in [-0.39, 0.29) is 6.10 Å². The van der Waals surface area contributed by atoms with Gasteiger partial charge in [-0.05, 0) is 32.1 Å². The first-order valence-corrected chi connectivity index (χ1v) is 6.50. The number of hydrogen-bond donors (Lipinski definition) is 1. The van der Waals surface area contributed by atoms with Gasteiger partial charge in [0.1, 0.15) is 0 Å². The van der Waals surface area contributed by atoms with E-state index in [1.807, 2.05) is 4.68 Å². The molecule has 1 aliphatic rings. The summed E-state index contributed by atoms with van der Waals surface area (Å²) in [5.74, 6) is 0. The zero-order chi connectivity index (χ0) is 11.5. The predicted molar refractivity (Wildman–Crippen MR) is 64.7 cm³/mol. The SMILES string of the molecule is CCCc1cn(C2CCC(O)CC2)nc1Cl. The number of aryl methyl sites for hydroxylation is 1. The average Bonchev–Trinajstić information content (AvgIpc) is 2.62. The summed E-state index contributed by atoms with van der Waals surface area (Å²) < 4.78 is 2.00. The molecule has 4 heteroatoms. The number of hydrogen-bond acceptors (Lipinski definition) is 2. The van der Waals surface area contributed by atoms with Crippen LogP contribution in [0.15, 0.2) is 6.20 Å². The lowest BCUT2D eigenvalue weighted by Gasteiger charge is -2.25. The molecule has 0 radical (unpaired) electrons. The predicted octanol–water partition coefficient (Wildman–Crippen LogP) is 2.97. The minimum Gasteiger partial charge on any atom is -0.393 e. The van der Waals surface area contributed by atoms with E-state index in [0.29, 0.717) is 11.2 Å². The van der Waals surface area contributed by atoms with Crippen molar-refractivity contribution in [2.24, 2.45) is 0 Å². The Bertz CT molecular complexity index is 343. The number of rotatable bonds is 3. The van der Waals surface area contributed by atoms with Gasteiger partial charge in [0.2, 0.25) is 0 Å². The van der Waals surface area contributed by atoms with Gasteiger partial charge in [0, 0.05) is 11.8 Å². The van der Waals surface area contributed by atoms with Gasteiger partial charge in [-0.3, -0.25) is 4.68 Å². The molecular formula is C12H19ClN2O. The van der Waals surface area contributed by atoms with E-state index in [2.05, 4.69) is 18.2 Å². The van der Waals surface area contributed by atoms with Crippen molar-refractivity contribution in [3.05, 3.63) is 16.9 Å². The molecule has 0 aromatic carbocycles. The van der Waals surface area contributed by atoms with Crippen LogP contribution in [0.25, 0.3) is 0 Å². The first-order chi connectivity index (χ1) is 7.70. The molecule has 0 bridgehead atoms. The zero-order valence-electron chi connectivity index (χ0n) is 9.69. The van der Waals surface area contributed by atoms with E-state index in [1.54, 1.807) is 0 Å². The molecular weight excluding hydrogens is 224 g/mol. The molecule has 1 N–H and O–H groups in total. The molecule has 1 aliphatic carbocycles.